The number of carbonyl (C=O) groups is 3. The van der Waals surface area contributed by atoms with Crippen molar-refractivity contribution in [3.63, 3.8) is 0 Å². The average molecular weight is 665 g/mol. The van der Waals surface area contributed by atoms with Crippen molar-refractivity contribution in [2.24, 2.45) is 0 Å². The van der Waals surface area contributed by atoms with Crippen LogP contribution in [0.3, 0.4) is 0 Å². The number of hydrogen-bond acceptors (Lipinski definition) is 6. The molecule has 6 heteroatoms. The van der Waals surface area contributed by atoms with Crippen LogP contribution in [0.25, 0.3) is 21.9 Å². The predicted octanol–water partition coefficient (Wildman–Crippen LogP) is 11.4. The van der Waals surface area contributed by atoms with Gasteiger partial charge in [-0.05, 0) is 83.6 Å². The molecule has 0 radical (unpaired) electrons. The molecule has 0 aliphatic rings. The minimum absolute atomic E-state index is 0.197. The van der Waals surface area contributed by atoms with Crippen LogP contribution < -0.4 is 9.47 Å². The van der Waals surface area contributed by atoms with Crippen molar-refractivity contribution in [1.29, 1.82) is 0 Å². The molecule has 0 bridgehead atoms. The summed E-state index contributed by atoms with van der Waals surface area (Å²) >= 11 is 0. The van der Waals surface area contributed by atoms with Crippen LogP contribution in [0.4, 0.5) is 0 Å². The summed E-state index contributed by atoms with van der Waals surface area (Å²) in [7, 11) is 0. The summed E-state index contributed by atoms with van der Waals surface area (Å²) < 4.78 is 16.7. The van der Waals surface area contributed by atoms with Crippen LogP contribution in [0, 0.1) is 0 Å². The lowest BCUT2D eigenvalue weighted by molar-refractivity contribution is -0.145. The second-order valence-electron chi connectivity index (χ2n) is 12.9. The maximum Gasteiger partial charge on any atom is 0.343 e. The zero-order chi connectivity index (χ0) is 34.8. The summed E-state index contributed by atoms with van der Waals surface area (Å²) in [5.74, 6) is -0.239. The minimum atomic E-state index is -0.448. The highest BCUT2D eigenvalue weighted by Gasteiger charge is 2.17. The molecule has 260 valence electrons. The Labute approximate surface area is 292 Å². The maximum atomic E-state index is 13.0. The van der Waals surface area contributed by atoms with Gasteiger partial charge in [-0.1, -0.05) is 127 Å². The molecule has 0 heterocycles. The highest BCUT2D eigenvalue weighted by molar-refractivity contribution is 5.93. The third-order valence-corrected chi connectivity index (χ3v) is 8.92. The number of rotatable bonds is 20. The van der Waals surface area contributed by atoms with E-state index in [9.17, 15) is 14.4 Å². The van der Waals surface area contributed by atoms with Gasteiger partial charge in [0.1, 0.15) is 11.5 Å². The molecule has 0 aliphatic carbocycles. The summed E-state index contributed by atoms with van der Waals surface area (Å²) in [6, 6.07) is 26.0. The maximum absolute atomic E-state index is 13.0. The standard InChI is InChI=1S/C43H52O6/c1-4-6-8-10-11-12-13-14-16-41(44)48-39-26-23-34(24-27-39)33-17-19-35(20-18-33)43(46)49-40-28-25-37-30-36(21-22-38(37)31-40)32(3)42(45)47-29-15-9-7-5-2/h17-28,30-32H,4-16,29H2,1-3H3/t32-/m0/s1. The second kappa shape index (κ2) is 20.2. The van der Waals surface area contributed by atoms with Gasteiger partial charge >= 0.3 is 17.9 Å². The Morgan fingerprint density at radius 3 is 1.80 bits per heavy atom. The van der Waals surface area contributed by atoms with Crippen molar-refractivity contribution < 1.29 is 28.6 Å². The fraction of sp³-hybridized carbons (Fsp3) is 0.419. The Balaban J connectivity index is 1.24. The van der Waals surface area contributed by atoms with Crippen LogP contribution in [0.1, 0.15) is 126 Å². The molecule has 0 unspecified atom stereocenters. The summed E-state index contributed by atoms with van der Waals surface area (Å²) in [6.07, 6.45) is 14.2. The lowest BCUT2D eigenvalue weighted by atomic mass is 9.98. The van der Waals surface area contributed by atoms with Gasteiger partial charge in [0.25, 0.3) is 0 Å². The molecule has 0 aromatic heterocycles. The number of unbranched alkanes of at least 4 members (excludes halogenated alkanes) is 10. The summed E-state index contributed by atoms with van der Waals surface area (Å²) in [5.41, 5.74) is 3.21. The lowest BCUT2D eigenvalue weighted by Crippen LogP contribution is -2.14. The normalized spacial score (nSPS) is 11.7. The van der Waals surface area contributed by atoms with E-state index in [4.69, 9.17) is 14.2 Å². The van der Waals surface area contributed by atoms with E-state index in [0.29, 0.717) is 30.1 Å². The summed E-state index contributed by atoms with van der Waals surface area (Å²) in [4.78, 5) is 37.8. The van der Waals surface area contributed by atoms with Crippen molar-refractivity contribution >= 4 is 28.7 Å². The van der Waals surface area contributed by atoms with Gasteiger partial charge in [0, 0.05) is 6.42 Å². The summed E-state index contributed by atoms with van der Waals surface area (Å²) in [5, 5.41) is 1.86. The topological polar surface area (TPSA) is 78.9 Å². The van der Waals surface area contributed by atoms with E-state index in [1.807, 2.05) is 61.5 Å². The number of hydrogen-bond donors (Lipinski definition) is 0. The Morgan fingerprint density at radius 1 is 0.571 bits per heavy atom. The number of ether oxygens (including phenoxy) is 3. The van der Waals surface area contributed by atoms with Crippen molar-refractivity contribution in [1.82, 2.24) is 0 Å². The number of benzene rings is 4. The fourth-order valence-corrected chi connectivity index (χ4v) is 5.80. The molecule has 0 saturated carbocycles. The molecular formula is C43H52O6. The van der Waals surface area contributed by atoms with Crippen molar-refractivity contribution in [3.8, 4) is 22.6 Å². The van der Waals surface area contributed by atoms with Gasteiger partial charge in [0.15, 0.2) is 0 Å². The van der Waals surface area contributed by atoms with Crippen molar-refractivity contribution in [2.45, 2.75) is 110 Å². The van der Waals surface area contributed by atoms with Crippen molar-refractivity contribution in [3.05, 3.63) is 96.1 Å². The van der Waals surface area contributed by atoms with Gasteiger partial charge in [-0.15, -0.1) is 0 Å². The molecule has 0 amide bonds. The van der Waals surface area contributed by atoms with E-state index < -0.39 is 5.97 Å². The Hall–Kier alpha value is -4.45. The third-order valence-electron chi connectivity index (χ3n) is 8.92. The first kappa shape index (κ1) is 37.4. The molecule has 6 nitrogen and oxygen atoms in total. The molecule has 0 N–H and O–H groups in total. The minimum Gasteiger partial charge on any atom is -0.465 e. The van der Waals surface area contributed by atoms with Crippen LogP contribution in [-0.4, -0.2) is 24.5 Å². The monoisotopic (exact) mass is 664 g/mol. The van der Waals surface area contributed by atoms with Crippen molar-refractivity contribution in [2.75, 3.05) is 6.61 Å². The number of fused-ring (bicyclic) bond motifs is 1. The smallest absolute Gasteiger partial charge is 0.343 e. The van der Waals surface area contributed by atoms with Gasteiger partial charge < -0.3 is 14.2 Å². The van der Waals surface area contributed by atoms with E-state index >= 15 is 0 Å². The van der Waals surface area contributed by atoms with Crippen LogP contribution in [0.15, 0.2) is 84.9 Å². The van der Waals surface area contributed by atoms with Gasteiger partial charge in [0.2, 0.25) is 0 Å². The SMILES string of the molecule is CCCCCCCCCCC(=O)Oc1ccc(-c2ccc(C(=O)Oc3ccc4cc([C@H](C)C(=O)OCCCCCC)ccc4c3)cc2)cc1. The first-order chi connectivity index (χ1) is 23.9. The van der Waals surface area contributed by atoms with Crippen LogP contribution in [0.5, 0.6) is 11.5 Å². The second-order valence-corrected chi connectivity index (χ2v) is 12.9. The molecule has 0 aliphatic heterocycles. The van der Waals surface area contributed by atoms with Gasteiger partial charge in [-0.25, -0.2) is 4.79 Å². The van der Waals surface area contributed by atoms with E-state index in [2.05, 4.69) is 13.8 Å². The Morgan fingerprint density at radius 2 is 1.12 bits per heavy atom. The highest BCUT2D eigenvalue weighted by Crippen LogP contribution is 2.28. The van der Waals surface area contributed by atoms with E-state index in [1.54, 1.807) is 30.3 Å². The molecule has 0 spiro atoms. The average Bonchev–Trinajstić information content (AvgIpc) is 3.12. The Bertz CT molecular complexity index is 1620. The van der Waals surface area contributed by atoms with Gasteiger partial charge in [-0.2, -0.15) is 0 Å². The third kappa shape index (κ3) is 12.2. The predicted molar refractivity (Wildman–Crippen MR) is 197 cm³/mol. The van der Waals surface area contributed by atoms with Crippen LogP contribution in [0.2, 0.25) is 0 Å². The van der Waals surface area contributed by atoms with E-state index in [0.717, 1.165) is 66.0 Å². The fourth-order valence-electron chi connectivity index (χ4n) is 5.80. The molecule has 4 aromatic carbocycles. The lowest BCUT2D eigenvalue weighted by Gasteiger charge is -2.13. The molecule has 49 heavy (non-hydrogen) atoms. The number of carbonyl (C=O) groups excluding carboxylic acids is 3. The molecular weight excluding hydrogens is 612 g/mol. The number of esters is 3. The zero-order valence-corrected chi connectivity index (χ0v) is 29.5. The zero-order valence-electron chi connectivity index (χ0n) is 29.5. The van der Waals surface area contributed by atoms with E-state index in [-0.39, 0.29) is 17.9 Å². The molecule has 0 fully saturated rings. The molecule has 4 rings (SSSR count). The first-order valence-corrected chi connectivity index (χ1v) is 18.2. The van der Waals surface area contributed by atoms with E-state index in [1.165, 1.54) is 38.5 Å². The van der Waals surface area contributed by atoms with Crippen LogP contribution in [-0.2, 0) is 14.3 Å². The molecule has 1 atom stereocenters. The summed E-state index contributed by atoms with van der Waals surface area (Å²) in [6.45, 7) is 6.70. The van der Waals surface area contributed by atoms with Gasteiger partial charge in [0.05, 0.1) is 18.1 Å². The molecule has 0 saturated heterocycles. The highest BCUT2D eigenvalue weighted by atomic mass is 16.5. The van der Waals surface area contributed by atoms with Crippen LogP contribution >= 0.6 is 0 Å². The molecule has 4 aromatic rings. The quantitative estimate of drug-likeness (QED) is 0.0531. The first-order valence-electron chi connectivity index (χ1n) is 18.2. The van der Waals surface area contributed by atoms with Gasteiger partial charge in [-0.3, -0.25) is 9.59 Å². The Kier molecular flexibility index (Phi) is 15.4. The largest absolute Gasteiger partial charge is 0.465 e.